The molecule has 12 heavy (non-hydrogen) atoms. The molecule has 0 amide bonds. The lowest BCUT2D eigenvalue weighted by molar-refractivity contribution is 0.993. The van der Waals surface area contributed by atoms with E-state index in [-0.39, 0.29) is 5.92 Å². The van der Waals surface area contributed by atoms with Crippen molar-refractivity contribution in [1.29, 1.82) is 5.26 Å². The monoisotopic (exact) mass is 179 g/mol. The maximum atomic E-state index is 8.59. The summed E-state index contributed by atoms with van der Waals surface area (Å²) >= 11 is 0.945. The Hall–Kier alpha value is -1.05. The lowest BCUT2D eigenvalue weighted by atomic mass is 9.97. The maximum Gasteiger partial charge on any atom is 0.0988 e. The van der Waals surface area contributed by atoms with Crippen molar-refractivity contribution >= 4 is 17.8 Å². The van der Waals surface area contributed by atoms with Crippen molar-refractivity contribution in [2.45, 2.75) is 6.92 Å². The average Bonchev–Trinajstić information content (AvgIpc) is 2.09. The molecule has 1 rings (SSSR count). The summed E-state index contributed by atoms with van der Waals surface area (Å²) in [5.41, 5.74) is 1.59. The molecule has 0 fully saturated rings. The highest BCUT2D eigenvalue weighted by Gasteiger charge is 2.10. The first-order valence-electron chi connectivity index (χ1n) is 3.51. The fourth-order valence-electron chi connectivity index (χ4n) is 0.986. The molecule has 0 saturated heterocycles. The number of nitrogens with two attached hydrogens (primary N) is 1. The van der Waals surface area contributed by atoms with E-state index in [0.29, 0.717) is 5.57 Å². The predicted molar refractivity (Wildman–Crippen MR) is 51.2 cm³/mol. The molecule has 0 saturated carbocycles. The fraction of sp³-hybridized carbons (Fsp3) is 0.250. The summed E-state index contributed by atoms with van der Waals surface area (Å²) in [6, 6.07) is 2.08. The van der Waals surface area contributed by atoms with Gasteiger partial charge in [-0.15, -0.1) is 0 Å². The van der Waals surface area contributed by atoms with Crippen molar-refractivity contribution in [3.63, 3.8) is 0 Å². The molecule has 3 nitrogen and oxygen atoms in total. The topological polar surface area (TPSA) is 62.2 Å². The minimum atomic E-state index is 0.181. The van der Waals surface area contributed by atoms with Gasteiger partial charge in [0.05, 0.1) is 23.9 Å². The molecule has 0 bridgehead atoms. The van der Waals surface area contributed by atoms with Crippen LogP contribution in [0.5, 0.6) is 0 Å². The molecule has 1 aliphatic carbocycles. The molecule has 0 aromatic rings. The van der Waals surface area contributed by atoms with Gasteiger partial charge in [-0.2, -0.15) is 5.26 Å². The Morgan fingerprint density at radius 2 is 2.42 bits per heavy atom. The van der Waals surface area contributed by atoms with Gasteiger partial charge >= 0.3 is 0 Å². The van der Waals surface area contributed by atoms with Crippen LogP contribution in [-0.4, -0.2) is 5.71 Å². The van der Waals surface area contributed by atoms with Crippen LogP contribution in [0, 0.1) is 17.2 Å². The van der Waals surface area contributed by atoms with E-state index in [9.17, 15) is 0 Å². The summed E-state index contributed by atoms with van der Waals surface area (Å²) in [5.74, 6) is 0.181. The minimum Gasteiger partial charge on any atom is -0.258 e. The van der Waals surface area contributed by atoms with Crippen LogP contribution < -0.4 is 5.14 Å². The Bertz CT molecular complexity index is 296. The first-order valence-corrected chi connectivity index (χ1v) is 4.35. The zero-order valence-corrected chi connectivity index (χ0v) is 7.51. The third-order valence-electron chi connectivity index (χ3n) is 1.62. The molecule has 0 spiro atoms. The van der Waals surface area contributed by atoms with E-state index in [0.717, 1.165) is 17.8 Å². The summed E-state index contributed by atoms with van der Waals surface area (Å²) in [5, 5.41) is 13.8. The van der Waals surface area contributed by atoms with Crippen molar-refractivity contribution in [2.24, 2.45) is 15.5 Å². The van der Waals surface area contributed by atoms with Gasteiger partial charge in [0.1, 0.15) is 0 Å². The second kappa shape index (κ2) is 4.10. The van der Waals surface area contributed by atoms with Crippen LogP contribution in [0.3, 0.4) is 0 Å². The molecular formula is C8H9N3S. The van der Waals surface area contributed by atoms with Gasteiger partial charge in [0.15, 0.2) is 0 Å². The zero-order chi connectivity index (χ0) is 8.97. The van der Waals surface area contributed by atoms with Crippen molar-refractivity contribution in [2.75, 3.05) is 0 Å². The largest absolute Gasteiger partial charge is 0.258 e. The Morgan fingerprint density at radius 1 is 1.67 bits per heavy atom. The average molecular weight is 179 g/mol. The Morgan fingerprint density at radius 3 is 2.92 bits per heavy atom. The molecule has 2 N–H and O–H groups in total. The van der Waals surface area contributed by atoms with E-state index < -0.39 is 0 Å². The Labute approximate surface area is 75.9 Å². The standard InChI is InChI=1S/C8H9N3S/c1-6-4-7(5-9)2-3-8(6)11-12-10/h2-4,6H,10H2,1H3. The minimum absolute atomic E-state index is 0.181. The molecule has 0 heterocycles. The van der Waals surface area contributed by atoms with Gasteiger partial charge in [-0.25, -0.2) is 4.40 Å². The molecule has 4 heteroatoms. The van der Waals surface area contributed by atoms with E-state index in [1.165, 1.54) is 0 Å². The smallest absolute Gasteiger partial charge is 0.0988 e. The van der Waals surface area contributed by atoms with Crippen LogP contribution in [-0.2, 0) is 0 Å². The van der Waals surface area contributed by atoms with Crippen LogP contribution in [0.4, 0.5) is 0 Å². The molecule has 0 radical (unpaired) electrons. The second-order valence-corrected chi connectivity index (χ2v) is 2.87. The van der Waals surface area contributed by atoms with E-state index in [4.69, 9.17) is 10.4 Å². The highest BCUT2D eigenvalue weighted by Crippen LogP contribution is 2.15. The van der Waals surface area contributed by atoms with Crippen LogP contribution in [0.1, 0.15) is 6.92 Å². The maximum absolute atomic E-state index is 8.59. The number of hydrogen-bond acceptors (Lipinski definition) is 4. The first kappa shape index (κ1) is 9.04. The molecule has 1 aliphatic rings. The van der Waals surface area contributed by atoms with Gasteiger partial charge in [0, 0.05) is 11.5 Å². The molecule has 62 valence electrons. The van der Waals surface area contributed by atoms with E-state index in [2.05, 4.69) is 10.5 Å². The summed E-state index contributed by atoms with van der Waals surface area (Å²) in [6.45, 7) is 1.98. The van der Waals surface area contributed by atoms with Crippen LogP contribution in [0.25, 0.3) is 0 Å². The Balaban J connectivity index is 2.83. The van der Waals surface area contributed by atoms with E-state index >= 15 is 0 Å². The molecule has 1 unspecified atom stereocenters. The van der Waals surface area contributed by atoms with E-state index in [1.54, 1.807) is 6.08 Å². The van der Waals surface area contributed by atoms with Gasteiger partial charge in [-0.3, -0.25) is 5.14 Å². The molecule has 0 aromatic heterocycles. The van der Waals surface area contributed by atoms with Crippen LogP contribution >= 0.6 is 12.1 Å². The number of nitriles is 1. The molecule has 1 atom stereocenters. The van der Waals surface area contributed by atoms with Crippen molar-refractivity contribution in [3.05, 3.63) is 23.8 Å². The summed E-state index contributed by atoms with van der Waals surface area (Å²) in [6.07, 6.45) is 5.44. The van der Waals surface area contributed by atoms with E-state index in [1.807, 2.05) is 19.1 Å². The predicted octanol–water partition coefficient (Wildman–Crippen LogP) is 1.61. The van der Waals surface area contributed by atoms with Crippen LogP contribution in [0.15, 0.2) is 28.2 Å². The van der Waals surface area contributed by atoms with Gasteiger partial charge in [-0.05, 0) is 12.2 Å². The number of allylic oxidation sites excluding steroid dienone is 4. The van der Waals surface area contributed by atoms with Gasteiger partial charge in [0.2, 0.25) is 0 Å². The van der Waals surface area contributed by atoms with Gasteiger partial charge < -0.3 is 0 Å². The lowest BCUT2D eigenvalue weighted by Gasteiger charge is -2.10. The zero-order valence-electron chi connectivity index (χ0n) is 6.69. The quantitative estimate of drug-likeness (QED) is 0.622. The summed E-state index contributed by atoms with van der Waals surface area (Å²) in [7, 11) is 0. The third kappa shape index (κ3) is 1.97. The third-order valence-corrected chi connectivity index (χ3v) is 1.93. The number of hydrogen-bond donors (Lipinski definition) is 1. The fourth-order valence-corrected chi connectivity index (χ4v) is 1.34. The second-order valence-electron chi connectivity index (χ2n) is 2.48. The summed E-state index contributed by atoms with van der Waals surface area (Å²) in [4.78, 5) is 0. The van der Waals surface area contributed by atoms with Crippen molar-refractivity contribution in [1.82, 2.24) is 0 Å². The molecule has 0 aliphatic heterocycles. The number of rotatable bonds is 1. The van der Waals surface area contributed by atoms with Gasteiger partial charge in [-0.1, -0.05) is 13.0 Å². The molecular weight excluding hydrogens is 170 g/mol. The SMILES string of the molecule is CC1C=C(C#N)C=CC1=NSN. The molecule has 0 aromatic carbocycles. The van der Waals surface area contributed by atoms with Gasteiger partial charge in [0.25, 0.3) is 0 Å². The highest BCUT2D eigenvalue weighted by atomic mass is 32.2. The Kier molecular flexibility index (Phi) is 3.09. The van der Waals surface area contributed by atoms with Crippen molar-refractivity contribution in [3.8, 4) is 6.07 Å². The normalized spacial score (nSPS) is 25.2. The number of nitrogens with zero attached hydrogens (tertiary/aromatic N) is 2. The first-order chi connectivity index (χ1) is 5.77. The summed E-state index contributed by atoms with van der Waals surface area (Å²) < 4.78 is 4.00. The lowest BCUT2D eigenvalue weighted by Crippen LogP contribution is -2.09. The van der Waals surface area contributed by atoms with Crippen LogP contribution in [0.2, 0.25) is 0 Å². The van der Waals surface area contributed by atoms with Crippen molar-refractivity contribution < 1.29 is 0 Å². The highest BCUT2D eigenvalue weighted by molar-refractivity contribution is 7.95.